The van der Waals surface area contributed by atoms with Crippen molar-refractivity contribution < 1.29 is 14.8 Å². The first-order valence-corrected chi connectivity index (χ1v) is 4.44. The molecule has 0 saturated heterocycles. The van der Waals surface area contributed by atoms with Crippen molar-refractivity contribution in [2.24, 2.45) is 0 Å². The summed E-state index contributed by atoms with van der Waals surface area (Å²) in [4.78, 5) is 20.8. The summed E-state index contributed by atoms with van der Waals surface area (Å²) in [6.45, 7) is 0. The van der Waals surface area contributed by atoms with E-state index in [1.165, 1.54) is 6.07 Å². The number of aromatic carboxylic acids is 1. The van der Waals surface area contributed by atoms with Gasteiger partial charge in [0.1, 0.15) is 16.1 Å². The molecule has 8 heteroatoms. The van der Waals surface area contributed by atoms with Gasteiger partial charge in [-0.25, -0.2) is 4.79 Å². The van der Waals surface area contributed by atoms with E-state index >= 15 is 0 Å². The number of benzene rings is 1. The monoisotopic (exact) mass is 241 g/mol. The van der Waals surface area contributed by atoms with E-state index in [0.29, 0.717) is 0 Å². The van der Waals surface area contributed by atoms with E-state index < -0.39 is 10.9 Å². The molecule has 0 radical (unpaired) electrons. The third-order valence-electron chi connectivity index (χ3n) is 2.03. The maximum Gasteiger partial charge on any atom is 0.336 e. The molecule has 0 spiro atoms. The predicted molar refractivity (Wildman–Crippen MR) is 54.7 cm³/mol. The van der Waals surface area contributed by atoms with Crippen LogP contribution in [0, 0.1) is 10.1 Å². The van der Waals surface area contributed by atoms with E-state index in [0.717, 1.165) is 6.07 Å². The molecule has 82 valence electrons. The number of hydrogen-bond donors (Lipinski definition) is 2. The Balaban J connectivity index is 2.86. The predicted octanol–water partition coefficient (Wildman–Crippen LogP) is 1.82. The second-order valence-corrected chi connectivity index (χ2v) is 3.37. The molecule has 0 atom stereocenters. The molecule has 0 unspecified atom stereocenters. The number of nitro groups is 1. The maximum absolute atomic E-state index is 10.8. The second-order valence-electron chi connectivity index (χ2n) is 2.99. The number of halogens is 1. The normalized spacial score (nSPS) is 10.6. The first-order chi connectivity index (χ1) is 7.50. The molecule has 0 aliphatic heterocycles. The van der Waals surface area contributed by atoms with Gasteiger partial charge >= 0.3 is 5.97 Å². The van der Waals surface area contributed by atoms with E-state index in [4.69, 9.17) is 16.7 Å². The molecule has 16 heavy (non-hydrogen) atoms. The van der Waals surface area contributed by atoms with Crippen molar-refractivity contribution in [2.45, 2.75) is 0 Å². The third kappa shape index (κ3) is 1.47. The summed E-state index contributed by atoms with van der Waals surface area (Å²) in [5.74, 6) is -1.26. The molecule has 0 bridgehead atoms. The number of carboxylic acids is 1. The zero-order valence-corrected chi connectivity index (χ0v) is 8.35. The molecule has 0 saturated carbocycles. The summed E-state index contributed by atoms with van der Waals surface area (Å²) in [7, 11) is 0. The minimum Gasteiger partial charge on any atom is -0.478 e. The smallest absolute Gasteiger partial charge is 0.336 e. The highest BCUT2D eigenvalue weighted by atomic mass is 35.5. The third-order valence-corrected chi connectivity index (χ3v) is 2.31. The molecule has 0 fully saturated rings. The fourth-order valence-corrected chi connectivity index (χ4v) is 1.59. The highest BCUT2D eigenvalue weighted by Gasteiger charge is 2.21. The summed E-state index contributed by atoms with van der Waals surface area (Å²) < 4.78 is 0. The Kier molecular flexibility index (Phi) is 2.24. The van der Waals surface area contributed by atoms with Crippen LogP contribution in [0.1, 0.15) is 10.4 Å². The number of fused-ring (bicyclic) bond motifs is 1. The van der Waals surface area contributed by atoms with E-state index in [-0.39, 0.29) is 27.3 Å². The SMILES string of the molecule is O=C(O)c1cc([N+](=O)[O-])c2c(Cl)[nH]nc2c1. The summed E-state index contributed by atoms with van der Waals surface area (Å²) in [5.41, 5.74) is -0.437. The van der Waals surface area contributed by atoms with Crippen LogP contribution in [0.2, 0.25) is 5.15 Å². The zero-order chi connectivity index (χ0) is 11.9. The number of carbonyl (C=O) groups is 1. The summed E-state index contributed by atoms with van der Waals surface area (Å²) in [6, 6.07) is 2.17. The van der Waals surface area contributed by atoms with Crippen molar-refractivity contribution >= 4 is 34.2 Å². The summed E-state index contributed by atoms with van der Waals surface area (Å²) in [6.07, 6.45) is 0. The Morgan fingerprint density at radius 2 is 2.25 bits per heavy atom. The van der Waals surface area contributed by atoms with Crippen LogP contribution in [0.4, 0.5) is 5.69 Å². The van der Waals surface area contributed by atoms with Crippen LogP contribution in [0.25, 0.3) is 10.9 Å². The average molecular weight is 242 g/mol. The van der Waals surface area contributed by atoms with Gasteiger partial charge in [-0.15, -0.1) is 0 Å². The van der Waals surface area contributed by atoms with Crippen LogP contribution in [-0.4, -0.2) is 26.2 Å². The molecular weight excluding hydrogens is 238 g/mol. The zero-order valence-electron chi connectivity index (χ0n) is 7.60. The first-order valence-electron chi connectivity index (χ1n) is 4.06. The number of nitro benzene ring substituents is 1. The Hall–Kier alpha value is -2.15. The summed E-state index contributed by atoms with van der Waals surface area (Å²) in [5, 5.41) is 25.7. The average Bonchev–Trinajstić information content (AvgIpc) is 2.59. The number of rotatable bonds is 2. The molecule has 7 nitrogen and oxygen atoms in total. The lowest BCUT2D eigenvalue weighted by molar-refractivity contribution is -0.383. The highest BCUT2D eigenvalue weighted by Crippen LogP contribution is 2.31. The lowest BCUT2D eigenvalue weighted by Gasteiger charge is -1.96. The van der Waals surface area contributed by atoms with E-state index in [9.17, 15) is 14.9 Å². The number of hydrogen-bond acceptors (Lipinski definition) is 4. The van der Waals surface area contributed by atoms with E-state index in [2.05, 4.69) is 10.2 Å². The van der Waals surface area contributed by atoms with Gasteiger partial charge in [-0.1, -0.05) is 11.6 Å². The number of carboxylic acid groups (broad SMARTS) is 1. The fraction of sp³-hybridized carbons (Fsp3) is 0. The Morgan fingerprint density at radius 1 is 1.56 bits per heavy atom. The first kappa shape index (κ1) is 10.4. The molecule has 2 N–H and O–H groups in total. The van der Waals surface area contributed by atoms with Gasteiger partial charge in [0.2, 0.25) is 0 Å². The maximum atomic E-state index is 10.8. The molecule has 0 amide bonds. The van der Waals surface area contributed by atoms with Gasteiger partial charge in [-0.3, -0.25) is 15.2 Å². The van der Waals surface area contributed by atoms with Gasteiger partial charge in [-0.2, -0.15) is 5.10 Å². The molecule has 2 rings (SSSR count). The van der Waals surface area contributed by atoms with Crippen molar-refractivity contribution in [2.75, 3.05) is 0 Å². The van der Waals surface area contributed by atoms with Gasteiger partial charge in [0.05, 0.1) is 10.5 Å². The number of nitrogens with one attached hydrogen (secondary N) is 1. The molecule has 0 aliphatic carbocycles. The lowest BCUT2D eigenvalue weighted by atomic mass is 10.1. The molecule has 2 aromatic rings. The minimum absolute atomic E-state index is 0.0126. The van der Waals surface area contributed by atoms with E-state index in [1.807, 2.05) is 0 Å². The molecule has 1 heterocycles. The number of H-pyrrole nitrogens is 1. The van der Waals surface area contributed by atoms with Crippen molar-refractivity contribution in [3.63, 3.8) is 0 Å². The van der Waals surface area contributed by atoms with Crippen molar-refractivity contribution in [1.29, 1.82) is 0 Å². The highest BCUT2D eigenvalue weighted by molar-refractivity contribution is 6.35. The lowest BCUT2D eigenvalue weighted by Crippen LogP contribution is -1.98. The largest absolute Gasteiger partial charge is 0.478 e. The van der Waals surface area contributed by atoms with E-state index in [1.54, 1.807) is 0 Å². The van der Waals surface area contributed by atoms with Gasteiger partial charge in [0, 0.05) is 6.07 Å². The standard InChI is InChI=1S/C8H4ClN3O4/c9-7-6-4(10-11-7)1-3(8(13)14)2-5(6)12(15)16/h1-2H,(H,10,11)(H,13,14). The molecular formula is C8H4ClN3O4. The second kappa shape index (κ2) is 3.46. The van der Waals surface area contributed by atoms with Crippen LogP contribution in [0.5, 0.6) is 0 Å². The van der Waals surface area contributed by atoms with Crippen LogP contribution in [0.15, 0.2) is 12.1 Å². The quantitative estimate of drug-likeness (QED) is 0.616. The fourth-order valence-electron chi connectivity index (χ4n) is 1.36. The molecule has 1 aromatic carbocycles. The van der Waals surface area contributed by atoms with Gasteiger partial charge in [-0.05, 0) is 6.07 Å². The van der Waals surface area contributed by atoms with Gasteiger partial charge in [0.15, 0.2) is 0 Å². The van der Waals surface area contributed by atoms with Crippen molar-refractivity contribution in [3.8, 4) is 0 Å². The van der Waals surface area contributed by atoms with Crippen LogP contribution < -0.4 is 0 Å². The molecule has 1 aromatic heterocycles. The van der Waals surface area contributed by atoms with Gasteiger partial charge < -0.3 is 5.11 Å². The van der Waals surface area contributed by atoms with Gasteiger partial charge in [0.25, 0.3) is 5.69 Å². The minimum atomic E-state index is -1.26. The van der Waals surface area contributed by atoms with Crippen LogP contribution >= 0.6 is 11.6 Å². The van der Waals surface area contributed by atoms with Crippen molar-refractivity contribution in [3.05, 3.63) is 33.0 Å². The van der Waals surface area contributed by atoms with Crippen LogP contribution in [-0.2, 0) is 0 Å². The topological polar surface area (TPSA) is 109 Å². The van der Waals surface area contributed by atoms with Crippen molar-refractivity contribution in [1.82, 2.24) is 10.2 Å². The number of nitrogens with zero attached hydrogens (tertiary/aromatic N) is 2. The summed E-state index contributed by atoms with van der Waals surface area (Å²) >= 11 is 5.68. The number of non-ortho nitro benzene ring substituents is 1. The Labute approximate surface area is 92.8 Å². The molecule has 0 aliphatic rings. The number of aromatic amines is 1. The van der Waals surface area contributed by atoms with Crippen LogP contribution in [0.3, 0.4) is 0 Å². The Morgan fingerprint density at radius 3 is 2.81 bits per heavy atom. The Bertz CT molecular complexity index is 607. The number of aromatic nitrogens is 2.